The van der Waals surface area contributed by atoms with E-state index < -0.39 is 24.0 Å². The molecule has 0 aliphatic carbocycles. The molecule has 26 heavy (non-hydrogen) atoms. The third-order valence-corrected chi connectivity index (χ3v) is 5.23. The highest BCUT2D eigenvalue weighted by atomic mass is 19.1. The number of aromatic nitrogens is 1. The average Bonchev–Trinajstić information content (AvgIpc) is 2.80. The lowest BCUT2D eigenvalue weighted by molar-refractivity contribution is 0.00578. The van der Waals surface area contributed by atoms with Gasteiger partial charge in [0, 0.05) is 18.7 Å². The summed E-state index contributed by atoms with van der Waals surface area (Å²) in [6, 6.07) is 7.05. The molecule has 3 rings (SSSR count). The van der Waals surface area contributed by atoms with Gasteiger partial charge in [0.1, 0.15) is 11.5 Å². The molecule has 1 aromatic heterocycles. The number of pyridine rings is 1. The molecule has 0 saturated carbocycles. The summed E-state index contributed by atoms with van der Waals surface area (Å²) < 4.78 is 32.8. The zero-order valence-corrected chi connectivity index (χ0v) is 15.9. The summed E-state index contributed by atoms with van der Waals surface area (Å²) in [6.07, 6.45) is 1.19. The van der Waals surface area contributed by atoms with Gasteiger partial charge in [-0.25, -0.2) is 4.39 Å². The first-order chi connectivity index (χ1) is 12.1. The molecular formula is C19H23BFNO4. The van der Waals surface area contributed by atoms with E-state index in [1.807, 2.05) is 33.8 Å². The fraction of sp³-hybridized carbons (Fsp3) is 0.421. The number of hydrogen-bond acceptors (Lipinski definition) is 4. The maximum atomic E-state index is 14.8. The average molecular weight is 359 g/mol. The van der Waals surface area contributed by atoms with E-state index >= 15 is 0 Å². The first kappa shape index (κ1) is 18.7. The fourth-order valence-electron chi connectivity index (χ4n) is 2.87. The lowest BCUT2D eigenvalue weighted by atomic mass is 9.87. The summed E-state index contributed by atoms with van der Waals surface area (Å²) in [7, 11) is 2.08. The summed E-state index contributed by atoms with van der Waals surface area (Å²) in [5.74, 6) is 0.652. The van der Waals surface area contributed by atoms with E-state index in [2.05, 4.69) is 0 Å². The van der Waals surface area contributed by atoms with Crippen molar-refractivity contribution in [2.24, 2.45) is 7.05 Å². The Labute approximate surface area is 152 Å². The normalized spacial score (nSPS) is 19.2. The van der Waals surface area contributed by atoms with E-state index in [0.717, 1.165) is 5.39 Å². The number of ether oxygens (including phenoxy) is 1. The Morgan fingerprint density at radius 1 is 1.19 bits per heavy atom. The minimum Gasteiger partial charge on any atom is -0.497 e. The summed E-state index contributed by atoms with van der Waals surface area (Å²) in [5.41, 5.74) is -1.28. The van der Waals surface area contributed by atoms with Gasteiger partial charge in [0.05, 0.1) is 23.8 Å². The zero-order chi connectivity index (χ0) is 19.3. The molecule has 2 heterocycles. The molecule has 5 nitrogen and oxygen atoms in total. The van der Waals surface area contributed by atoms with Gasteiger partial charge in [-0.05, 0) is 57.4 Å². The Morgan fingerprint density at radius 3 is 2.38 bits per heavy atom. The standard InChI is InChI=1S/C19H23BFNO4/c1-18(2)19(3,4)26-20(25-18)16(21)10-13-9-12-7-8-14(24-6)11-15(12)22(5)17(13)23/h7-11H,1-6H3. The molecule has 1 aliphatic heterocycles. The number of halogens is 1. The second-order valence-corrected chi connectivity index (χ2v) is 7.51. The van der Waals surface area contributed by atoms with Crippen LogP contribution in [0.25, 0.3) is 17.0 Å². The molecule has 0 atom stereocenters. The van der Waals surface area contributed by atoms with Crippen molar-refractivity contribution in [3.63, 3.8) is 0 Å². The first-order valence-corrected chi connectivity index (χ1v) is 8.46. The monoisotopic (exact) mass is 359 g/mol. The molecule has 0 unspecified atom stereocenters. The summed E-state index contributed by atoms with van der Waals surface area (Å²) in [4.78, 5) is 12.6. The van der Waals surface area contributed by atoms with E-state index in [-0.39, 0.29) is 11.1 Å². The SMILES string of the molecule is COc1ccc2cc(C=C(F)B3OC(C)(C)C(C)(C)O3)c(=O)n(C)c2c1. The number of nitrogens with zero attached hydrogens (tertiary/aromatic N) is 1. The summed E-state index contributed by atoms with van der Waals surface area (Å²) in [5, 5.41) is 0.806. The number of hydrogen-bond donors (Lipinski definition) is 0. The minimum atomic E-state index is -1.13. The number of benzene rings is 1. The first-order valence-electron chi connectivity index (χ1n) is 8.46. The highest BCUT2D eigenvalue weighted by Gasteiger charge is 2.53. The van der Waals surface area contributed by atoms with Crippen LogP contribution in [0.4, 0.5) is 4.39 Å². The minimum absolute atomic E-state index is 0.234. The predicted molar refractivity (Wildman–Crippen MR) is 101 cm³/mol. The molecule has 1 aromatic carbocycles. The Morgan fingerprint density at radius 2 is 1.81 bits per heavy atom. The van der Waals surface area contributed by atoms with Crippen molar-refractivity contribution in [1.82, 2.24) is 4.57 Å². The van der Waals surface area contributed by atoms with Gasteiger partial charge in [-0.15, -0.1) is 0 Å². The summed E-state index contributed by atoms with van der Waals surface area (Å²) >= 11 is 0. The Kier molecular flexibility index (Phi) is 4.49. The molecular weight excluding hydrogens is 336 g/mol. The molecule has 1 saturated heterocycles. The van der Waals surface area contributed by atoms with Crippen LogP contribution in [0.3, 0.4) is 0 Å². The molecule has 138 valence electrons. The molecule has 7 heteroatoms. The maximum Gasteiger partial charge on any atom is 0.525 e. The van der Waals surface area contributed by atoms with Crippen LogP contribution in [0.5, 0.6) is 5.75 Å². The van der Waals surface area contributed by atoms with Crippen molar-refractivity contribution < 1.29 is 18.4 Å². The highest BCUT2D eigenvalue weighted by molar-refractivity contribution is 6.54. The Bertz CT molecular complexity index is 932. The van der Waals surface area contributed by atoms with Crippen LogP contribution < -0.4 is 10.3 Å². The lowest BCUT2D eigenvalue weighted by Crippen LogP contribution is -2.41. The van der Waals surface area contributed by atoms with Gasteiger partial charge in [0.25, 0.3) is 5.56 Å². The highest BCUT2D eigenvalue weighted by Crippen LogP contribution is 2.39. The van der Waals surface area contributed by atoms with Gasteiger partial charge in [-0.3, -0.25) is 4.79 Å². The number of fused-ring (bicyclic) bond motifs is 1. The zero-order valence-electron chi connectivity index (χ0n) is 15.9. The second-order valence-electron chi connectivity index (χ2n) is 7.51. The van der Waals surface area contributed by atoms with Crippen LogP contribution in [0.1, 0.15) is 33.3 Å². The van der Waals surface area contributed by atoms with Gasteiger partial charge < -0.3 is 18.6 Å². The topological polar surface area (TPSA) is 49.7 Å². The van der Waals surface area contributed by atoms with Crippen molar-refractivity contribution in [1.29, 1.82) is 0 Å². The molecule has 1 fully saturated rings. The van der Waals surface area contributed by atoms with Gasteiger partial charge in [-0.1, -0.05) is 0 Å². The molecule has 1 aliphatic rings. The van der Waals surface area contributed by atoms with Crippen LogP contribution in [-0.2, 0) is 16.4 Å². The predicted octanol–water partition coefficient (Wildman–Crippen LogP) is 3.49. The van der Waals surface area contributed by atoms with Crippen LogP contribution in [0, 0.1) is 0 Å². The van der Waals surface area contributed by atoms with E-state index in [4.69, 9.17) is 14.0 Å². The number of aryl methyl sites for hydroxylation is 1. The number of methoxy groups -OCH3 is 1. The van der Waals surface area contributed by atoms with Crippen molar-refractivity contribution in [3.05, 3.63) is 45.9 Å². The van der Waals surface area contributed by atoms with Crippen molar-refractivity contribution in [2.45, 2.75) is 38.9 Å². The fourth-order valence-corrected chi connectivity index (χ4v) is 2.87. The van der Waals surface area contributed by atoms with E-state index in [9.17, 15) is 9.18 Å². The maximum absolute atomic E-state index is 14.8. The van der Waals surface area contributed by atoms with Crippen molar-refractivity contribution in [2.75, 3.05) is 7.11 Å². The lowest BCUT2D eigenvalue weighted by Gasteiger charge is -2.32. The molecule has 0 amide bonds. The Hall–Kier alpha value is -2.12. The smallest absolute Gasteiger partial charge is 0.497 e. The molecule has 0 radical (unpaired) electrons. The van der Waals surface area contributed by atoms with Gasteiger partial charge in [-0.2, -0.15) is 0 Å². The summed E-state index contributed by atoms with van der Waals surface area (Å²) in [6.45, 7) is 7.40. The third kappa shape index (κ3) is 3.06. The van der Waals surface area contributed by atoms with Gasteiger partial charge in [0.2, 0.25) is 0 Å². The quantitative estimate of drug-likeness (QED) is 0.788. The van der Waals surface area contributed by atoms with E-state index in [1.54, 1.807) is 32.4 Å². The largest absolute Gasteiger partial charge is 0.525 e. The number of rotatable bonds is 3. The van der Waals surface area contributed by atoms with E-state index in [0.29, 0.717) is 11.3 Å². The van der Waals surface area contributed by atoms with Crippen LogP contribution in [-0.4, -0.2) is 30.0 Å². The van der Waals surface area contributed by atoms with Crippen LogP contribution >= 0.6 is 0 Å². The Balaban J connectivity index is 2.02. The van der Waals surface area contributed by atoms with Gasteiger partial charge >= 0.3 is 7.12 Å². The van der Waals surface area contributed by atoms with Crippen molar-refractivity contribution >= 4 is 24.1 Å². The van der Waals surface area contributed by atoms with Crippen molar-refractivity contribution in [3.8, 4) is 5.75 Å². The van der Waals surface area contributed by atoms with E-state index in [1.165, 1.54) is 10.6 Å². The molecule has 0 N–H and O–H groups in total. The molecule has 2 aromatic rings. The molecule has 0 spiro atoms. The van der Waals surface area contributed by atoms with Crippen LogP contribution in [0.15, 0.2) is 34.8 Å². The van der Waals surface area contributed by atoms with Gasteiger partial charge in [0.15, 0.2) is 0 Å². The molecule has 0 bridgehead atoms. The second kappa shape index (κ2) is 6.25. The van der Waals surface area contributed by atoms with Crippen LogP contribution in [0.2, 0.25) is 0 Å². The third-order valence-electron chi connectivity index (χ3n) is 5.23.